The molecule has 0 aliphatic rings. The summed E-state index contributed by atoms with van der Waals surface area (Å²) in [6, 6.07) is 17.2. The first-order valence-corrected chi connectivity index (χ1v) is 11.1. The Labute approximate surface area is 211 Å². The van der Waals surface area contributed by atoms with Crippen LogP contribution in [0, 0.1) is 0 Å². The third-order valence-electron chi connectivity index (χ3n) is 4.46. The van der Waals surface area contributed by atoms with Gasteiger partial charge in [0.1, 0.15) is 13.0 Å². The van der Waals surface area contributed by atoms with E-state index in [0.717, 1.165) is 5.56 Å². The normalized spacial score (nSPS) is 10.7. The van der Waals surface area contributed by atoms with E-state index < -0.39 is 18.2 Å². The monoisotopic (exact) mass is 519 g/mol. The standard InChI is InChI=1S/C24H20Cl3N3O4/c1-33-22-10-15(6-9-21(22)34-14-16-4-2-3-5-18(16)25)13-28-30-24(32)12-23(31)29-17-7-8-19(26)20(27)11-17/h2-11,13H,12,14H2,1H3,(H,29,31)(H,30,32). The van der Waals surface area contributed by atoms with E-state index in [-0.39, 0.29) is 6.61 Å². The van der Waals surface area contributed by atoms with E-state index in [1.54, 1.807) is 36.4 Å². The van der Waals surface area contributed by atoms with Gasteiger partial charge in [-0.05, 0) is 48.0 Å². The number of rotatable bonds is 9. The van der Waals surface area contributed by atoms with Crippen molar-refractivity contribution in [3.05, 3.63) is 86.9 Å². The molecule has 2 N–H and O–H groups in total. The summed E-state index contributed by atoms with van der Waals surface area (Å²) in [6.07, 6.45) is 1.00. The number of methoxy groups -OCH3 is 1. The summed E-state index contributed by atoms with van der Waals surface area (Å²) in [5.41, 5.74) is 4.24. The summed E-state index contributed by atoms with van der Waals surface area (Å²) in [7, 11) is 1.52. The number of hydrogen-bond acceptors (Lipinski definition) is 5. The molecule has 2 amide bonds. The van der Waals surface area contributed by atoms with E-state index in [9.17, 15) is 9.59 Å². The second kappa shape index (κ2) is 12.3. The molecular weight excluding hydrogens is 501 g/mol. The molecule has 34 heavy (non-hydrogen) atoms. The molecule has 10 heteroatoms. The summed E-state index contributed by atoms with van der Waals surface area (Å²) >= 11 is 17.9. The highest BCUT2D eigenvalue weighted by Gasteiger charge is 2.10. The number of hydrazone groups is 1. The first kappa shape index (κ1) is 25.4. The second-order valence-corrected chi connectivity index (χ2v) is 8.16. The number of ether oxygens (including phenoxy) is 2. The molecule has 0 fully saturated rings. The van der Waals surface area contributed by atoms with Crippen molar-refractivity contribution in [3.8, 4) is 11.5 Å². The summed E-state index contributed by atoms with van der Waals surface area (Å²) in [5, 5.41) is 7.72. The average molecular weight is 521 g/mol. The van der Waals surface area contributed by atoms with Crippen LogP contribution in [0.25, 0.3) is 0 Å². The predicted octanol–water partition coefficient (Wildman–Crippen LogP) is 5.71. The summed E-state index contributed by atoms with van der Waals surface area (Å²) in [4.78, 5) is 24.0. The third-order valence-corrected chi connectivity index (χ3v) is 5.56. The molecular formula is C24H20Cl3N3O4. The Kier molecular flexibility index (Phi) is 9.16. The highest BCUT2D eigenvalue weighted by atomic mass is 35.5. The Hall–Kier alpha value is -3.26. The van der Waals surface area contributed by atoms with Gasteiger partial charge in [-0.3, -0.25) is 9.59 Å². The Morgan fingerprint density at radius 2 is 1.71 bits per heavy atom. The van der Waals surface area contributed by atoms with Crippen LogP contribution in [0.2, 0.25) is 15.1 Å². The maximum atomic E-state index is 12.0. The van der Waals surface area contributed by atoms with E-state index in [4.69, 9.17) is 44.3 Å². The second-order valence-electron chi connectivity index (χ2n) is 6.94. The van der Waals surface area contributed by atoms with E-state index in [1.807, 2.05) is 18.2 Å². The molecule has 176 valence electrons. The van der Waals surface area contributed by atoms with Gasteiger partial charge >= 0.3 is 0 Å². The van der Waals surface area contributed by atoms with Crippen molar-refractivity contribution in [2.24, 2.45) is 5.10 Å². The first-order chi connectivity index (χ1) is 16.4. The SMILES string of the molecule is COc1cc(C=NNC(=O)CC(=O)Nc2ccc(Cl)c(Cl)c2)ccc1OCc1ccccc1Cl. The zero-order chi connectivity index (χ0) is 24.5. The molecule has 3 rings (SSSR count). The van der Waals surface area contributed by atoms with Crippen LogP contribution in [0.5, 0.6) is 11.5 Å². The van der Waals surface area contributed by atoms with Gasteiger partial charge in [-0.1, -0.05) is 53.0 Å². The topological polar surface area (TPSA) is 89.0 Å². The lowest BCUT2D eigenvalue weighted by Gasteiger charge is -2.12. The number of amides is 2. The fourth-order valence-corrected chi connectivity index (χ4v) is 3.29. The van der Waals surface area contributed by atoms with Gasteiger partial charge in [-0.15, -0.1) is 0 Å². The van der Waals surface area contributed by atoms with E-state index in [0.29, 0.717) is 37.8 Å². The molecule has 0 heterocycles. The highest BCUT2D eigenvalue weighted by Crippen LogP contribution is 2.29. The average Bonchev–Trinajstić information content (AvgIpc) is 2.81. The molecule has 7 nitrogen and oxygen atoms in total. The summed E-state index contributed by atoms with van der Waals surface area (Å²) < 4.78 is 11.2. The van der Waals surface area contributed by atoms with Crippen LogP contribution in [0.4, 0.5) is 5.69 Å². The van der Waals surface area contributed by atoms with Crippen LogP contribution >= 0.6 is 34.8 Å². The van der Waals surface area contributed by atoms with Crippen molar-refractivity contribution in [2.45, 2.75) is 13.0 Å². The van der Waals surface area contributed by atoms with Gasteiger partial charge in [-0.2, -0.15) is 5.10 Å². The molecule has 0 radical (unpaired) electrons. The largest absolute Gasteiger partial charge is 0.493 e. The van der Waals surface area contributed by atoms with Crippen LogP contribution in [0.3, 0.4) is 0 Å². The fourth-order valence-electron chi connectivity index (χ4n) is 2.80. The molecule has 0 aliphatic carbocycles. The van der Waals surface area contributed by atoms with Gasteiger partial charge in [0, 0.05) is 16.3 Å². The third kappa shape index (κ3) is 7.38. The number of benzene rings is 3. The molecule has 0 aliphatic heterocycles. The van der Waals surface area contributed by atoms with E-state index in [2.05, 4.69) is 15.8 Å². The minimum atomic E-state index is -0.583. The minimum Gasteiger partial charge on any atom is -0.493 e. The van der Waals surface area contributed by atoms with Gasteiger partial charge in [0.15, 0.2) is 11.5 Å². The van der Waals surface area contributed by atoms with Crippen molar-refractivity contribution in [1.82, 2.24) is 5.43 Å². The maximum absolute atomic E-state index is 12.0. The van der Waals surface area contributed by atoms with Gasteiger partial charge in [0.05, 0.1) is 23.4 Å². The minimum absolute atomic E-state index is 0.282. The molecule has 0 unspecified atom stereocenters. The Bertz CT molecular complexity index is 1220. The number of anilines is 1. The van der Waals surface area contributed by atoms with Crippen LogP contribution in [0.1, 0.15) is 17.5 Å². The molecule has 0 saturated heterocycles. The summed E-state index contributed by atoms with van der Waals surface area (Å²) in [5.74, 6) is -0.0841. The van der Waals surface area contributed by atoms with Gasteiger partial charge in [0.25, 0.3) is 0 Å². The fraction of sp³-hybridized carbons (Fsp3) is 0.125. The lowest BCUT2D eigenvalue weighted by atomic mass is 10.2. The maximum Gasteiger partial charge on any atom is 0.249 e. The van der Waals surface area contributed by atoms with Crippen LogP contribution < -0.4 is 20.2 Å². The van der Waals surface area contributed by atoms with Gasteiger partial charge < -0.3 is 14.8 Å². The number of hydrogen-bond donors (Lipinski definition) is 2. The molecule has 3 aromatic rings. The molecule has 0 aromatic heterocycles. The lowest BCUT2D eigenvalue weighted by Crippen LogP contribution is -2.24. The van der Waals surface area contributed by atoms with Crippen molar-refractivity contribution in [3.63, 3.8) is 0 Å². The lowest BCUT2D eigenvalue weighted by molar-refractivity contribution is -0.126. The highest BCUT2D eigenvalue weighted by molar-refractivity contribution is 6.42. The zero-order valence-electron chi connectivity index (χ0n) is 18.0. The number of nitrogens with zero attached hydrogens (tertiary/aromatic N) is 1. The number of halogens is 3. The molecule has 0 atom stereocenters. The quantitative estimate of drug-likeness (QED) is 0.215. The Morgan fingerprint density at radius 3 is 2.44 bits per heavy atom. The van der Waals surface area contributed by atoms with Crippen molar-refractivity contribution >= 4 is 58.5 Å². The Morgan fingerprint density at radius 1 is 0.912 bits per heavy atom. The predicted molar refractivity (Wildman–Crippen MR) is 134 cm³/mol. The smallest absolute Gasteiger partial charge is 0.249 e. The zero-order valence-corrected chi connectivity index (χ0v) is 20.2. The van der Waals surface area contributed by atoms with Gasteiger partial charge in [-0.25, -0.2) is 5.43 Å². The van der Waals surface area contributed by atoms with Crippen molar-refractivity contribution in [2.75, 3.05) is 12.4 Å². The van der Waals surface area contributed by atoms with Crippen LogP contribution in [-0.2, 0) is 16.2 Å². The molecule has 0 saturated carbocycles. The first-order valence-electron chi connectivity index (χ1n) is 9.96. The summed E-state index contributed by atoms with van der Waals surface area (Å²) in [6.45, 7) is 0.282. The number of nitrogens with one attached hydrogen (secondary N) is 2. The van der Waals surface area contributed by atoms with E-state index in [1.165, 1.54) is 19.4 Å². The molecule has 0 spiro atoms. The van der Waals surface area contributed by atoms with E-state index >= 15 is 0 Å². The Balaban J connectivity index is 1.52. The van der Waals surface area contributed by atoms with Crippen molar-refractivity contribution < 1.29 is 19.1 Å². The van der Waals surface area contributed by atoms with Crippen LogP contribution in [0.15, 0.2) is 65.8 Å². The van der Waals surface area contributed by atoms with Crippen LogP contribution in [-0.4, -0.2) is 25.1 Å². The molecule has 3 aromatic carbocycles. The van der Waals surface area contributed by atoms with Gasteiger partial charge in [0.2, 0.25) is 11.8 Å². The van der Waals surface area contributed by atoms with Crippen molar-refractivity contribution in [1.29, 1.82) is 0 Å². The number of carbonyl (C=O) groups excluding carboxylic acids is 2. The molecule has 0 bridgehead atoms. The number of carbonyl (C=O) groups is 2.